The lowest BCUT2D eigenvalue weighted by atomic mass is 10.1. The van der Waals surface area contributed by atoms with E-state index in [1.807, 2.05) is 81.4 Å². The maximum atomic E-state index is 13.3. The zero-order valence-electron chi connectivity index (χ0n) is 22.8. The predicted molar refractivity (Wildman–Crippen MR) is 146 cm³/mol. The summed E-state index contributed by atoms with van der Waals surface area (Å²) in [6.45, 7) is 6.58. The number of carbonyl (C=O) groups is 3. The largest absolute Gasteiger partial charge is 0.445 e. The monoisotopic (exact) mass is 532 g/mol. The molecule has 1 atom stereocenters. The number of ether oxygens (including phenoxy) is 2. The van der Waals surface area contributed by atoms with Gasteiger partial charge in [0.1, 0.15) is 12.2 Å². The molecule has 4 rings (SSSR count). The molecule has 0 unspecified atom stereocenters. The highest BCUT2D eigenvalue weighted by molar-refractivity contribution is 5.98. The van der Waals surface area contributed by atoms with E-state index in [0.29, 0.717) is 25.1 Å². The molecule has 39 heavy (non-hydrogen) atoms. The molecule has 2 heterocycles. The van der Waals surface area contributed by atoms with Crippen LogP contribution in [-0.2, 0) is 22.6 Å². The Balaban J connectivity index is 1.46. The molecule has 2 aromatic carbocycles. The lowest BCUT2D eigenvalue weighted by Gasteiger charge is -2.31. The SMILES string of the molecule is CC(C)(C)OC(=O)N1CCC[C@H]1CN(CC(=O)c1cnn(Cc2ccccc2)c1)C(=O)OCc1ccccc1. The first kappa shape index (κ1) is 27.9. The smallest absolute Gasteiger partial charge is 0.410 e. The van der Waals surface area contributed by atoms with Crippen LogP contribution >= 0.6 is 0 Å². The first-order chi connectivity index (χ1) is 18.7. The minimum atomic E-state index is -0.631. The maximum Gasteiger partial charge on any atom is 0.410 e. The summed E-state index contributed by atoms with van der Waals surface area (Å²) < 4.78 is 12.8. The van der Waals surface area contributed by atoms with Crippen LogP contribution in [0.25, 0.3) is 0 Å². The highest BCUT2D eigenvalue weighted by Gasteiger charge is 2.35. The van der Waals surface area contributed by atoms with Crippen molar-refractivity contribution in [3.05, 3.63) is 89.7 Å². The van der Waals surface area contributed by atoms with Crippen LogP contribution in [0, 0.1) is 0 Å². The third-order valence-electron chi connectivity index (χ3n) is 6.38. The second-order valence-corrected chi connectivity index (χ2v) is 10.7. The molecule has 9 nitrogen and oxygen atoms in total. The Kier molecular flexibility index (Phi) is 9.01. The van der Waals surface area contributed by atoms with Gasteiger partial charge in [0, 0.05) is 19.3 Å². The number of nitrogens with zero attached hydrogens (tertiary/aromatic N) is 4. The van der Waals surface area contributed by atoms with Gasteiger partial charge < -0.3 is 14.4 Å². The third kappa shape index (κ3) is 8.17. The van der Waals surface area contributed by atoms with Gasteiger partial charge in [-0.15, -0.1) is 0 Å². The summed E-state index contributed by atoms with van der Waals surface area (Å²) in [4.78, 5) is 42.3. The molecular formula is C30H36N4O5. The number of aromatic nitrogens is 2. The number of rotatable bonds is 9. The van der Waals surface area contributed by atoms with Crippen LogP contribution in [0.4, 0.5) is 9.59 Å². The Labute approximate surface area is 229 Å². The second kappa shape index (κ2) is 12.6. The molecule has 1 aromatic heterocycles. The van der Waals surface area contributed by atoms with Crippen molar-refractivity contribution < 1.29 is 23.9 Å². The molecule has 3 aromatic rings. The standard InChI is InChI=1S/C30H36N4O5/c1-30(2,3)39-29(37)34-16-10-15-26(34)20-32(28(36)38-22-24-13-8-5-9-14-24)21-27(35)25-17-31-33(19-25)18-23-11-6-4-7-12-23/h4-9,11-14,17,19,26H,10,15-16,18,20-22H2,1-3H3/t26-/m0/s1. The molecule has 0 radical (unpaired) electrons. The minimum Gasteiger partial charge on any atom is -0.445 e. The summed E-state index contributed by atoms with van der Waals surface area (Å²) in [5.74, 6) is -0.257. The number of likely N-dealkylation sites (tertiary alicyclic amines) is 1. The van der Waals surface area contributed by atoms with Crippen molar-refractivity contribution in [3.63, 3.8) is 0 Å². The first-order valence-corrected chi connectivity index (χ1v) is 13.2. The Morgan fingerprint density at radius 1 is 1.00 bits per heavy atom. The summed E-state index contributed by atoms with van der Waals surface area (Å²) in [5.41, 5.74) is 1.68. The Morgan fingerprint density at radius 3 is 2.33 bits per heavy atom. The van der Waals surface area contributed by atoms with Gasteiger partial charge in [0.05, 0.1) is 30.9 Å². The van der Waals surface area contributed by atoms with Gasteiger partial charge in [-0.3, -0.25) is 14.4 Å². The fourth-order valence-electron chi connectivity index (χ4n) is 4.48. The minimum absolute atomic E-state index is 0.0832. The molecule has 0 aliphatic carbocycles. The van der Waals surface area contributed by atoms with E-state index in [1.54, 1.807) is 15.8 Å². The van der Waals surface area contributed by atoms with E-state index in [2.05, 4.69) is 5.10 Å². The predicted octanol–water partition coefficient (Wildman–Crippen LogP) is 5.15. The zero-order chi connectivity index (χ0) is 27.8. The average molecular weight is 533 g/mol. The molecule has 1 aliphatic rings. The van der Waals surface area contributed by atoms with Gasteiger partial charge in [0.15, 0.2) is 5.78 Å². The Hall–Kier alpha value is -4.14. The summed E-state index contributed by atoms with van der Waals surface area (Å²) in [6, 6.07) is 18.9. The van der Waals surface area contributed by atoms with Crippen molar-refractivity contribution in [3.8, 4) is 0 Å². The second-order valence-electron chi connectivity index (χ2n) is 10.7. The van der Waals surface area contributed by atoms with Crippen LogP contribution in [0.3, 0.4) is 0 Å². The quantitative estimate of drug-likeness (QED) is 0.354. The first-order valence-electron chi connectivity index (χ1n) is 13.2. The van der Waals surface area contributed by atoms with E-state index in [9.17, 15) is 14.4 Å². The number of hydrogen-bond acceptors (Lipinski definition) is 6. The fraction of sp³-hybridized carbons (Fsp3) is 0.400. The number of Topliss-reactive ketones (excluding diaryl/α,β-unsaturated/α-hetero) is 1. The third-order valence-corrected chi connectivity index (χ3v) is 6.38. The molecule has 0 N–H and O–H groups in total. The van der Waals surface area contributed by atoms with Gasteiger partial charge in [0.25, 0.3) is 0 Å². The van der Waals surface area contributed by atoms with Crippen LogP contribution in [0.5, 0.6) is 0 Å². The Bertz CT molecular complexity index is 1250. The maximum absolute atomic E-state index is 13.3. The van der Waals surface area contributed by atoms with Crippen molar-refractivity contribution in [1.82, 2.24) is 19.6 Å². The van der Waals surface area contributed by atoms with Crippen molar-refractivity contribution in [1.29, 1.82) is 0 Å². The summed E-state index contributed by atoms with van der Waals surface area (Å²) >= 11 is 0. The number of ketones is 1. The molecule has 0 spiro atoms. The van der Waals surface area contributed by atoms with Crippen molar-refractivity contribution in [2.24, 2.45) is 0 Å². The summed E-state index contributed by atoms with van der Waals surface area (Å²) in [5, 5.41) is 4.32. The van der Waals surface area contributed by atoms with Gasteiger partial charge >= 0.3 is 12.2 Å². The average Bonchev–Trinajstić information content (AvgIpc) is 3.57. The topological polar surface area (TPSA) is 94.0 Å². The lowest BCUT2D eigenvalue weighted by molar-refractivity contribution is 0.0187. The van der Waals surface area contributed by atoms with Gasteiger partial charge in [0.2, 0.25) is 0 Å². The van der Waals surface area contributed by atoms with Gasteiger partial charge in [-0.05, 0) is 44.7 Å². The molecule has 2 amide bonds. The molecule has 0 bridgehead atoms. The number of carbonyl (C=O) groups excluding carboxylic acids is 3. The van der Waals surface area contributed by atoms with E-state index in [-0.39, 0.29) is 31.5 Å². The molecule has 1 saturated heterocycles. The molecule has 1 fully saturated rings. The van der Waals surface area contributed by atoms with Gasteiger partial charge in [-0.1, -0.05) is 60.7 Å². The molecular weight excluding hydrogens is 496 g/mol. The van der Waals surface area contributed by atoms with Crippen molar-refractivity contribution in [2.45, 2.75) is 58.4 Å². The number of hydrogen-bond donors (Lipinski definition) is 0. The van der Waals surface area contributed by atoms with E-state index >= 15 is 0 Å². The summed E-state index contributed by atoms with van der Waals surface area (Å²) in [6.07, 6.45) is 3.66. The van der Waals surface area contributed by atoms with Crippen LogP contribution in [0.1, 0.15) is 55.1 Å². The molecule has 206 valence electrons. The van der Waals surface area contributed by atoms with Crippen molar-refractivity contribution >= 4 is 18.0 Å². The van der Waals surface area contributed by atoms with Crippen molar-refractivity contribution in [2.75, 3.05) is 19.6 Å². The lowest BCUT2D eigenvalue weighted by Crippen LogP contribution is -2.48. The molecule has 1 aliphatic heterocycles. The van der Waals surface area contributed by atoms with Gasteiger partial charge in [-0.25, -0.2) is 9.59 Å². The van der Waals surface area contributed by atoms with E-state index < -0.39 is 17.8 Å². The Morgan fingerprint density at radius 2 is 1.67 bits per heavy atom. The molecule has 0 saturated carbocycles. The normalized spacial score (nSPS) is 15.2. The number of amides is 2. The zero-order valence-corrected chi connectivity index (χ0v) is 22.8. The van der Waals surface area contributed by atoms with Crippen LogP contribution in [0.2, 0.25) is 0 Å². The van der Waals surface area contributed by atoms with Crippen LogP contribution in [0.15, 0.2) is 73.1 Å². The fourth-order valence-corrected chi connectivity index (χ4v) is 4.48. The van der Waals surface area contributed by atoms with Gasteiger partial charge in [-0.2, -0.15) is 5.10 Å². The highest BCUT2D eigenvalue weighted by Crippen LogP contribution is 2.22. The molecule has 9 heteroatoms. The van der Waals surface area contributed by atoms with E-state index in [0.717, 1.165) is 17.5 Å². The highest BCUT2D eigenvalue weighted by atomic mass is 16.6. The van der Waals surface area contributed by atoms with E-state index in [1.165, 1.54) is 11.1 Å². The number of benzene rings is 2. The van der Waals surface area contributed by atoms with Crippen LogP contribution in [-0.4, -0.2) is 68.8 Å². The van der Waals surface area contributed by atoms with E-state index in [4.69, 9.17) is 9.47 Å². The summed E-state index contributed by atoms with van der Waals surface area (Å²) in [7, 11) is 0. The van der Waals surface area contributed by atoms with Crippen LogP contribution < -0.4 is 0 Å².